The van der Waals surface area contributed by atoms with Gasteiger partial charge in [-0.3, -0.25) is 0 Å². The Balaban J connectivity index is 2.00. The molecule has 0 spiro atoms. The Morgan fingerprint density at radius 1 is 1.26 bits per heavy atom. The standard InChI is InChI=1S/C14H21NO4/c1-10(15-5-2-6-16)14(17)11-3-4-12-13(9-11)19-8-7-18-12/h3-4,9-10,14-17H,2,5-8H2,1H3. The van der Waals surface area contributed by atoms with E-state index >= 15 is 0 Å². The lowest BCUT2D eigenvalue weighted by Crippen LogP contribution is -2.33. The average Bonchev–Trinajstić information content (AvgIpc) is 2.46. The van der Waals surface area contributed by atoms with Crippen molar-refractivity contribution < 1.29 is 19.7 Å². The summed E-state index contributed by atoms with van der Waals surface area (Å²) in [5, 5.41) is 22.2. The summed E-state index contributed by atoms with van der Waals surface area (Å²) in [7, 11) is 0. The highest BCUT2D eigenvalue weighted by Crippen LogP contribution is 2.33. The molecule has 1 aliphatic heterocycles. The summed E-state index contributed by atoms with van der Waals surface area (Å²) in [5.74, 6) is 1.41. The van der Waals surface area contributed by atoms with Gasteiger partial charge in [0.15, 0.2) is 11.5 Å². The van der Waals surface area contributed by atoms with Crippen molar-refractivity contribution in [2.24, 2.45) is 0 Å². The van der Waals surface area contributed by atoms with E-state index < -0.39 is 6.10 Å². The molecule has 1 aliphatic rings. The summed E-state index contributed by atoms with van der Waals surface area (Å²) >= 11 is 0. The second-order valence-electron chi connectivity index (χ2n) is 4.67. The molecular weight excluding hydrogens is 246 g/mol. The fraction of sp³-hybridized carbons (Fsp3) is 0.571. The average molecular weight is 267 g/mol. The van der Waals surface area contributed by atoms with Gasteiger partial charge in [-0.2, -0.15) is 0 Å². The highest BCUT2D eigenvalue weighted by atomic mass is 16.6. The lowest BCUT2D eigenvalue weighted by molar-refractivity contribution is 0.132. The van der Waals surface area contributed by atoms with Gasteiger partial charge in [-0.25, -0.2) is 0 Å². The predicted octanol–water partition coefficient (Wildman–Crippen LogP) is 0.852. The zero-order chi connectivity index (χ0) is 13.7. The summed E-state index contributed by atoms with van der Waals surface area (Å²) in [6.07, 6.45) is 0.0626. The van der Waals surface area contributed by atoms with Crippen LogP contribution in [0.25, 0.3) is 0 Å². The number of rotatable bonds is 6. The van der Waals surface area contributed by atoms with Crippen LogP contribution in [0, 0.1) is 0 Å². The molecule has 0 fully saturated rings. The molecule has 0 bridgehead atoms. The maximum atomic E-state index is 10.3. The minimum absolute atomic E-state index is 0.0888. The third-order valence-electron chi connectivity index (χ3n) is 3.18. The van der Waals surface area contributed by atoms with Crippen molar-refractivity contribution in [3.05, 3.63) is 23.8 Å². The molecule has 106 valence electrons. The quantitative estimate of drug-likeness (QED) is 0.667. The molecule has 5 nitrogen and oxygen atoms in total. The molecule has 0 amide bonds. The van der Waals surface area contributed by atoms with Crippen molar-refractivity contribution in [2.75, 3.05) is 26.4 Å². The fourth-order valence-corrected chi connectivity index (χ4v) is 2.05. The van der Waals surface area contributed by atoms with Gasteiger partial charge < -0.3 is 25.0 Å². The van der Waals surface area contributed by atoms with Crippen LogP contribution in [0.3, 0.4) is 0 Å². The smallest absolute Gasteiger partial charge is 0.161 e. The van der Waals surface area contributed by atoms with Crippen molar-refractivity contribution in [2.45, 2.75) is 25.5 Å². The Morgan fingerprint density at radius 3 is 2.74 bits per heavy atom. The molecule has 0 saturated carbocycles. The van der Waals surface area contributed by atoms with E-state index in [0.29, 0.717) is 31.9 Å². The summed E-state index contributed by atoms with van der Waals surface area (Å²) in [4.78, 5) is 0. The van der Waals surface area contributed by atoms with Gasteiger partial charge >= 0.3 is 0 Å². The summed E-state index contributed by atoms with van der Waals surface area (Å²) in [5.41, 5.74) is 0.799. The normalized spacial score (nSPS) is 17.0. The highest BCUT2D eigenvalue weighted by Gasteiger charge is 2.19. The lowest BCUT2D eigenvalue weighted by atomic mass is 10.0. The van der Waals surface area contributed by atoms with Crippen LogP contribution in [-0.2, 0) is 0 Å². The number of benzene rings is 1. The summed E-state index contributed by atoms with van der Waals surface area (Å²) < 4.78 is 11.0. The van der Waals surface area contributed by atoms with Gasteiger partial charge in [-0.15, -0.1) is 0 Å². The highest BCUT2D eigenvalue weighted by molar-refractivity contribution is 5.44. The largest absolute Gasteiger partial charge is 0.486 e. The van der Waals surface area contributed by atoms with Crippen LogP contribution in [0.15, 0.2) is 18.2 Å². The molecule has 1 aromatic rings. The maximum absolute atomic E-state index is 10.3. The molecule has 0 aliphatic carbocycles. The van der Waals surface area contributed by atoms with E-state index in [0.717, 1.165) is 11.3 Å². The van der Waals surface area contributed by atoms with Crippen LogP contribution in [0.1, 0.15) is 25.0 Å². The Labute approximate surface area is 113 Å². The van der Waals surface area contributed by atoms with Crippen LogP contribution >= 0.6 is 0 Å². The Bertz CT molecular complexity index is 410. The number of aliphatic hydroxyl groups excluding tert-OH is 2. The van der Waals surface area contributed by atoms with Crippen molar-refractivity contribution in [1.29, 1.82) is 0 Å². The summed E-state index contributed by atoms with van der Waals surface area (Å²) in [6.45, 7) is 3.85. The van der Waals surface area contributed by atoms with Crippen LogP contribution in [0.4, 0.5) is 0 Å². The van der Waals surface area contributed by atoms with Crippen molar-refractivity contribution in [3.63, 3.8) is 0 Å². The minimum atomic E-state index is -0.616. The zero-order valence-electron chi connectivity index (χ0n) is 11.1. The molecule has 1 heterocycles. The number of nitrogens with one attached hydrogen (secondary N) is 1. The van der Waals surface area contributed by atoms with E-state index in [2.05, 4.69) is 5.32 Å². The molecule has 0 aromatic heterocycles. The van der Waals surface area contributed by atoms with E-state index in [1.165, 1.54) is 0 Å². The molecule has 1 aromatic carbocycles. The number of hydrogen-bond donors (Lipinski definition) is 3. The summed E-state index contributed by atoms with van der Waals surface area (Å²) in [6, 6.07) is 5.41. The first-order chi connectivity index (χ1) is 9.22. The molecule has 2 rings (SSSR count). The van der Waals surface area contributed by atoms with E-state index in [9.17, 15) is 5.11 Å². The number of hydrogen-bond acceptors (Lipinski definition) is 5. The Hall–Kier alpha value is -1.30. The van der Waals surface area contributed by atoms with Gasteiger partial charge in [0.05, 0.1) is 6.10 Å². The van der Waals surface area contributed by atoms with E-state index in [1.807, 2.05) is 25.1 Å². The van der Waals surface area contributed by atoms with Crippen molar-refractivity contribution in [1.82, 2.24) is 5.32 Å². The van der Waals surface area contributed by atoms with Gasteiger partial charge in [-0.05, 0) is 37.6 Å². The Kier molecular flexibility index (Phi) is 5.01. The fourth-order valence-electron chi connectivity index (χ4n) is 2.05. The SMILES string of the molecule is CC(NCCCO)C(O)c1ccc2c(c1)OCCO2. The minimum Gasteiger partial charge on any atom is -0.486 e. The molecule has 5 heteroatoms. The van der Waals surface area contributed by atoms with Crippen molar-refractivity contribution >= 4 is 0 Å². The van der Waals surface area contributed by atoms with Gasteiger partial charge in [0, 0.05) is 12.6 Å². The third-order valence-corrected chi connectivity index (χ3v) is 3.18. The molecule has 3 N–H and O–H groups in total. The van der Waals surface area contributed by atoms with Crippen molar-refractivity contribution in [3.8, 4) is 11.5 Å². The number of ether oxygens (including phenoxy) is 2. The predicted molar refractivity (Wildman–Crippen MR) is 71.6 cm³/mol. The van der Waals surface area contributed by atoms with Gasteiger partial charge in [-0.1, -0.05) is 6.07 Å². The molecule has 2 atom stereocenters. The van der Waals surface area contributed by atoms with Crippen LogP contribution in [0.2, 0.25) is 0 Å². The van der Waals surface area contributed by atoms with Gasteiger partial charge in [0.2, 0.25) is 0 Å². The van der Waals surface area contributed by atoms with E-state index in [-0.39, 0.29) is 12.6 Å². The number of fused-ring (bicyclic) bond motifs is 1. The molecular formula is C14H21NO4. The molecule has 0 radical (unpaired) electrons. The number of aliphatic hydroxyl groups is 2. The monoisotopic (exact) mass is 267 g/mol. The molecule has 2 unspecified atom stereocenters. The zero-order valence-corrected chi connectivity index (χ0v) is 11.1. The maximum Gasteiger partial charge on any atom is 0.161 e. The second-order valence-corrected chi connectivity index (χ2v) is 4.67. The first-order valence-corrected chi connectivity index (χ1v) is 6.64. The third kappa shape index (κ3) is 3.59. The first kappa shape index (κ1) is 14.1. The van der Waals surface area contributed by atoms with Gasteiger partial charge in [0.1, 0.15) is 13.2 Å². The van der Waals surface area contributed by atoms with E-state index in [1.54, 1.807) is 0 Å². The Morgan fingerprint density at radius 2 is 2.00 bits per heavy atom. The molecule has 19 heavy (non-hydrogen) atoms. The molecule has 0 saturated heterocycles. The van der Waals surface area contributed by atoms with Crippen LogP contribution in [0.5, 0.6) is 11.5 Å². The second kappa shape index (κ2) is 6.75. The van der Waals surface area contributed by atoms with Gasteiger partial charge in [0.25, 0.3) is 0 Å². The van der Waals surface area contributed by atoms with Crippen LogP contribution < -0.4 is 14.8 Å². The van der Waals surface area contributed by atoms with E-state index in [4.69, 9.17) is 14.6 Å². The topological polar surface area (TPSA) is 71.0 Å². The first-order valence-electron chi connectivity index (χ1n) is 6.64. The lowest BCUT2D eigenvalue weighted by Gasteiger charge is -2.23. The van der Waals surface area contributed by atoms with Crippen LogP contribution in [-0.4, -0.2) is 42.6 Å².